The second-order valence-electron chi connectivity index (χ2n) is 3.86. The van der Waals surface area contributed by atoms with Crippen molar-refractivity contribution >= 4 is 23.2 Å². The van der Waals surface area contributed by atoms with E-state index in [4.69, 9.17) is 5.41 Å². The van der Waals surface area contributed by atoms with Crippen LogP contribution >= 0.6 is 12.6 Å². The van der Waals surface area contributed by atoms with Gasteiger partial charge in [0.25, 0.3) is 0 Å². The minimum atomic E-state index is -4.42. The molecule has 0 spiro atoms. The molecule has 0 atom stereocenters. The predicted molar refractivity (Wildman–Crippen MR) is 81.2 cm³/mol. The molecule has 1 aromatic rings. The third-order valence-corrected chi connectivity index (χ3v) is 2.89. The topological polar surface area (TPSA) is 46.9 Å². The average molecular weight is 355 g/mol. The van der Waals surface area contributed by atoms with E-state index in [1.165, 1.54) is 6.92 Å². The van der Waals surface area contributed by atoms with Crippen molar-refractivity contribution in [2.24, 2.45) is 0 Å². The Hall–Kier alpha value is -0.0536. The van der Waals surface area contributed by atoms with Gasteiger partial charge in [0.15, 0.2) is 0 Å². The second-order valence-corrected chi connectivity index (χ2v) is 4.30. The van der Waals surface area contributed by atoms with Gasteiger partial charge in [-0.1, -0.05) is 38.3 Å². The molecule has 116 valence electrons. The first kappa shape index (κ1) is 24.2. The van der Waals surface area contributed by atoms with E-state index in [1.807, 2.05) is 13.8 Å². The molecule has 0 aliphatic rings. The molecular formula is C15H17F3KNOS. The molecule has 0 aliphatic carbocycles. The fourth-order valence-electron chi connectivity index (χ4n) is 1.26. The number of thiol groups is 1. The van der Waals surface area contributed by atoms with Gasteiger partial charge in [-0.25, -0.2) is 0 Å². The van der Waals surface area contributed by atoms with Crippen LogP contribution in [0.2, 0.25) is 0 Å². The number of alkyl halides is 3. The molecule has 0 fully saturated rings. The Morgan fingerprint density at radius 3 is 1.91 bits per heavy atom. The summed E-state index contributed by atoms with van der Waals surface area (Å²) in [5.74, 6) is -0.574. The maximum absolute atomic E-state index is 12.4. The Labute approximate surface area is 176 Å². The minimum absolute atomic E-state index is 0. The summed E-state index contributed by atoms with van der Waals surface area (Å²) in [6, 6.07) is 4.07. The largest absolute Gasteiger partial charge is 1.00 e. The molecule has 0 aliphatic heterocycles. The number of nitrogens with one attached hydrogen (secondary N) is 1. The van der Waals surface area contributed by atoms with Crippen LogP contribution in [0.25, 0.3) is 4.91 Å². The zero-order chi connectivity index (χ0) is 16.8. The summed E-state index contributed by atoms with van der Waals surface area (Å²) < 4.78 is 37.1. The first-order valence-corrected chi connectivity index (χ1v) is 6.62. The van der Waals surface area contributed by atoms with Crippen molar-refractivity contribution in [2.75, 3.05) is 0 Å². The van der Waals surface area contributed by atoms with Gasteiger partial charge in [-0.15, -0.1) is 12.6 Å². The molecule has 7 heteroatoms. The molecule has 22 heavy (non-hydrogen) atoms. The maximum Gasteiger partial charge on any atom is 1.00 e. The van der Waals surface area contributed by atoms with Gasteiger partial charge in [0.2, 0.25) is 0 Å². The summed E-state index contributed by atoms with van der Waals surface area (Å²) in [6.07, 6.45) is -4.42. The van der Waals surface area contributed by atoms with E-state index in [0.29, 0.717) is 0 Å². The zero-order valence-electron chi connectivity index (χ0n) is 13.0. The monoisotopic (exact) mass is 355 g/mol. The standard InChI is InChI=1S/C13H12F3NOS.C2H6.K/c1-7(8(2)17)11(18)12(19)9-3-5-10(6-4-9)13(14,15)16;1-2;/h3-6,17-19H,1H2,2H3;1-2H3;/q;;+1/p-1/b12-11+,17-8?;;. The van der Waals surface area contributed by atoms with Crippen molar-refractivity contribution in [3.05, 3.63) is 53.3 Å². The molecule has 0 heterocycles. The average Bonchev–Trinajstić information content (AvgIpc) is 2.46. The molecule has 0 saturated heterocycles. The van der Waals surface area contributed by atoms with Crippen molar-refractivity contribution in [1.29, 1.82) is 5.41 Å². The van der Waals surface area contributed by atoms with Crippen LogP contribution in [0.15, 0.2) is 42.2 Å². The van der Waals surface area contributed by atoms with Crippen molar-refractivity contribution in [1.82, 2.24) is 0 Å². The molecule has 0 bridgehead atoms. The predicted octanol–water partition coefficient (Wildman–Crippen LogP) is 1.29. The second kappa shape index (κ2) is 10.7. The number of hydrogen-bond acceptors (Lipinski definition) is 3. The molecule has 0 aromatic heterocycles. The van der Waals surface area contributed by atoms with Crippen molar-refractivity contribution in [3.8, 4) is 0 Å². The van der Waals surface area contributed by atoms with E-state index in [9.17, 15) is 18.3 Å². The molecule has 0 unspecified atom stereocenters. The van der Waals surface area contributed by atoms with Gasteiger partial charge in [-0.05, 0) is 30.2 Å². The van der Waals surface area contributed by atoms with Crippen LogP contribution in [-0.4, -0.2) is 5.71 Å². The Balaban J connectivity index is 0. The molecule has 1 N–H and O–H groups in total. The minimum Gasteiger partial charge on any atom is -0.871 e. The molecule has 0 radical (unpaired) electrons. The Morgan fingerprint density at radius 2 is 1.59 bits per heavy atom. The molecule has 1 rings (SSSR count). The summed E-state index contributed by atoms with van der Waals surface area (Å²) in [4.78, 5) is -0.0367. The molecular weight excluding hydrogens is 338 g/mol. The number of hydrogen-bond donors (Lipinski definition) is 2. The number of rotatable bonds is 3. The van der Waals surface area contributed by atoms with E-state index in [2.05, 4.69) is 19.2 Å². The fourth-order valence-corrected chi connectivity index (χ4v) is 1.55. The smallest absolute Gasteiger partial charge is 0.871 e. The van der Waals surface area contributed by atoms with Gasteiger partial charge in [-0.2, -0.15) is 13.2 Å². The molecule has 2 nitrogen and oxygen atoms in total. The summed E-state index contributed by atoms with van der Waals surface area (Å²) in [7, 11) is 0. The molecule has 1 aromatic carbocycles. The van der Waals surface area contributed by atoms with Gasteiger partial charge in [0, 0.05) is 10.6 Å². The first-order chi connectivity index (χ1) is 9.64. The first-order valence-electron chi connectivity index (χ1n) is 6.17. The SMILES string of the molecule is C=C(C(C)=N)/C([O-])=C(\S)c1ccc(C(F)(F)F)cc1.CC.[K+]. The third-order valence-electron chi connectivity index (χ3n) is 2.43. The van der Waals surface area contributed by atoms with E-state index in [1.54, 1.807) is 0 Å². The van der Waals surface area contributed by atoms with Gasteiger partial charge >= 0.3 is 57.6 Å². The number of halogens is 3. The summed E-state index contributed by atoms with van der Waals surface area (Å²) >= 11 is 3.98. The van der Waals surface area contributed by atoms with E-state index < -0.39 is 17.5 Å². The van der Waals surface area contributed by atoms with Crippen LogP contribution in [0.4, 0.5) is 13.2 Å². The van der Waals surface area contributed by atoms with Gasteiger partial charge in [0.1, 0.15) is 0 Å². The molecule has 0 amide bonds. The normalized spacial score (nSPS) is 11.4. The Kier molecular flexibility index (Phi) is 11.7. The number of allylic oxidation sites excluding steroid dienone is 1. The maximum atomic E-state index is 12.4. The van der Waals surface area contributed by atoms with E-state index in [-0.39, 0.29) is 73.1 Å². The number of benzene rings is 1. The summed E-state index contributed by atoms with van der Waals surface area (Å²) in [5.41, 5.74) is -0.594. The van der Waals surface area contributed by atoms with Gasteiger partial charge < -0.3 is 10.5 Å². The Bertz CT molecular complexity index is 551. The van der Waals surface area contributed by atoms with Crippen LogP contribution in [0.1, 0.15) is 31.9 Å². The van der Waals surface area contributed by atoms with Gasteiger partial charge in [-0.3, -0.25) is 0 Å². The molecule has 0 saturated carbocycles. The van der Waals surface area contributed by atoms with Crippen LogP contribution in [0.5, 0.6) is 0 Å². The summed E-state index contributed by atoms with van der Waals surface area (Å²) in [6.45, 7) is 8.83. The summed E-state index contributed by atoms with van der Waals surface area (Å²) in [5, 5.41) is 19.1. The van der Waals surface area contributed by atoms with Crippen molar-refractivity contribution in [3.63, 3.8) is 0 Å². The van der Waals surface area contributed by atoms with Crippen LogP contribution < -0.4 is 56.5 Å². The zero-order valence-corrected chi connectivity index (χ0v) is 17.0. The van der Waals surface area contributed by atoms with Crippen LogP contribution in [-0.2, 0) is 6.18 Å². The third kappa shape index (κ3) is 7.02. The van der Waals surface area contributed by atoms with Crippen molar-refractivity contribution in [2.45, 2.75) is 26.9 Å². The fraction of sp³-hybridized carbons (Fsp3) is 0.267. The van der Waals surface area contributed by atoms with Crippen molar-refractivity contribution < 1.29 is 69.7 Å². The quantitative estimate of drug-likeness (QED) is 0.277. The van der Waals surface area contributed by atoms with Crippen LogP contribution in [0, 0.1) is 5.41 Å². The van der Waals surface area contributed by atoms with E-state index >= 15 is 0 Å². The van der Waals surface area contributed by atoms with E-state index in [0.717, 1.165) is 24.3 Å². The van der Waals surface area contributed by atoms with Crippen LogP contribution in [0.3, 0.4) is 0 Å². The Morgan fingerprint density at radius 1 is 1.18 bits per heavy atom. The van der Waals surface area contributed by atoms with Gasteiger partial charge in [0.05, 0.1) is 5.56 Å².